The molecule has 0 saturated heterocycles. The van der Waals surface area contributed by atoms with E-state index in [9.17, 15) is 9.36 Å². The molecule has 0 bridgehead atoms. The van der Waals surface area contributed by atoms with Gasteiger partial charge in [0.25, 0.3) is 0 Å². The van der Waals surface area contributed by atoms with E-state index in [1.165, 1.54) is 13.0 Å². The molecule has 1 heterocycles. The number of carbonyl (C=O) groups is 1. The third-order valence-corrected chi connectivity index (χ3v) is 2.90. The van der Waals surface area contributed by atoms with Crippen molar-refractivity contribution in [3.8, 4) is 0 Å². The summed E-state index contributed by atoms with van der Waals surface area (Å²) in [5.74, 6) is -0.219. The molecule has 1 rings (SSSR count). The van der Waals surface area contributed by atoms with E-state index in [1.807, 2.05) is 0 Å². The van der Waals surface area contributed by atoms with Crippen molar-refractivity contribution in [1.29, 1.82) is 0 Å². The summed E-state index contributed by atoms with van der Waals surface area (Å²) in [6.45, 7) is 1.34. The summed E-state index contributed by atoms with van der Waals surface area (Å²) in [6, 6.07) is 0.470. The Morgan fingerprint density at radius 2 is 2.25 bits per heavy atom. The first-order chi connectivity index (χ1) is 7.30. The van der Waals surface area contributed by atoms with E-state index in [0.29, 0.717) is 0 Å². The van der Waals surface area contributed by atoms with Crippen LogP contribution < -0.4 is 11.0 Å². The summed E-state index contributed by atoms with van der Waals surface area (Å²) in [5.41, 5.74) is 5.78. The lowest BCUT2D eigenvalue weighted by Crippen LogP contribution is -2.31. The third kappa shape index (κ3) is 3.46. The van der Waals surface area contributed by atoms with Gasteiger partial charge in [0.15, 0.2) is 0 Å². The fourth-order valence-corrected chi connectivity index (χ4v) is 1.55. The van der Waals surface area contributed by atoms with Gasteiger partial charge in [0.05, 0.1) is 23.2 Å². The highest BCUT2D eigenvalue weighted by Gasteiger charge is 2.19. The number of ketones is 1. The number of Topliss-reactive ketones (excluding diaryl/α,β-unsaturated/α-hetero) is 1. The van der Waals surface area contributed by atoms with Gasteiger partial charge in [-0.3, -0.25) is 9.36 Å². The van der Waals surface area contributed by atoms with Crippen molar-refractivity contribution >= 4 is 18.7 Å². The molecular formula is C8H12N3O4P. The summed E-state index contributed by atoms with van der Waals surface area (Å²) in [4.78, 5) is 28.7. The zero-order valence-corrected chi connectivity index (χ0v) is 9.46. The van der Waals surface area contributed by atoms with Crippen LogP contribution in [0.1, 0.15) is 12.6 Å². The van der Waals surface area contributed by atoms with Gasteiger partial charge in [-0.1, -0.05) is 0 Å². The van der Waals surface area contributed by atoms with Gasteiger partial charge in [-0.05, 0) is 13.0 Å². The van der Waals surface area contributed by atoms with Crippen LogP contribution >= 0.6 is 7.60 Å². The Hall–Kier alpha value is -1.14. The predicted octanol–water partition coefficient (Wildman–Crippen LogP) is -1.26. The molecule has 16 heavy (non-hydrogen) atoms. The van der Waals surface area contributed by atoms with Gasteiger partial charge in [-0.25, -0.2) is 0 Å². The van der Waals surface area contributed by atoms with Crippen LogP contribution in [-0.2, 0) is 15.8 Å². The summed E-state index contributed by atoms with van der Waals surface area (Å²) in [7, 11) is -4.34. The van der Waals surface area contributed by atoms with E-state index in [1.54, 1.807) is 0 Å². The molecule has 88 valence electrons. The zero-order chi connectivity index (χ0) is 12.3. The SMILES string of the molecule is CC(=O)[C@@H](N)Cc1cc(P(=O)(O)O)cnn1. The van der Waals surface area contributed by atoms with Crippen LogP contribution in [0.3, 0.4) is 0 Å². The fraction of sp³-hybridized carbons (Fsp3) is 0.375. The lowest BCUT2D eigenvalue weighted by atomic mass is 10.1. The quantitative estimate of drug-likeness (QED) is 0.565. The topological polar surface area (TPSA) is 126 Å². The molecule has 0 unspecified atom stereocenters. The summed E-state index contributed by atoms with van der Waals surface area (Å²) in [5, 5.41) is 6.88. The Morgan fingerprint density at radius 1 is 1.62 bits per heavy atom. The Labute approximate surface area is 91.9 Å². The van der Waals surface area contributed by atoms with Crippen molar-refractivity contribution in [3.05, 3.63) is 18.0 Å². The van der Waals surface area contributed by atoms with Crippen molar-refractivity contribution in [3.63, 3.8) is 0 Å². The first kappa shape index (κ1) is 12.9. The summed E-state index contributed by atoms with van der Waals surface area (Å²) >= 11 is 0. The van der Waals surface area contributed by atoms with Gasteiger partial charge in [0.1, 0.15) is 5.78 Å². The molecular weight excluding hydrogens is 233 g/mol. The number of nitrogens with zero attached hydrogens (tertiary/aromatic N) is 2. The van der Waals surface area contributed by atoms with E-state index in [2.05, 4.69) is 10.2 Å². The van der Waals surface area contributed by atoms with Crippen molar-refractivity contribution in [2.75, 3.05) is 0 Å². The Kier molecular flexibility index (Phi) is 3.88. The fourth-order valence-electron chi connectivity index (χ4n) is 1.03. The molecule has 0 aliphatic rings. The van der Waals surface area contributed by atoms with Gasteiger partial charge >= 0.3 is 7.60 Å². The number of carbonyl (C=O) groups excluding carboxylic acids is 1. The van der Waals surface area contributed by atoms with Crippen molar-refractivity contribution in [2.24, 2.45) is 5.73 Å². The van der Waals surface area contributed by atoms with Crippen LogP contribution in [0.4, 0.5) is 0 Å². The molecule has 0 aromatic carbocycles. The maximum absolute atomic E-state index is 10.9. The third-order valence-electron chi connectivity index (χ3n) is 1.98. The minimum atomic E-state index is -4.34. The molecule has 0 amide bonds. The molecule has 8 heteroatoms. The number of hydrogen-bond donors (Lipinski definition) is 3. The second-order valence-corrected chi connectivity index (χ2v) is 4.97. The maximum atomic E-state index is 10.9. The second-order valence-electron chi connectivity index (χ2n) is 3.37. The Balaban J connectivity index is 2.92. The van der Waals surface area contributed by atoms with Gasteiger partial charge in [-0.15, -0.1) is 0 Å². The summed E-state index contributed by atoms with van der Waals surface area (Å²) in [6.07, 6.45) is 1.10. The lowest BCUT2D eigenvalue weighted by Gasteiger charge is -2.08. The largest absolute Gasteiger partial charge is 0.357 e. The number of rotatable bonds is 4. The monoisotopic (exact) mass is 245 g/mol. The van der Waals surface area contributed by atoms with Gasteiger partial charge in [0, 0.05) is 6.42 Å². The van der Waals surface area contributed by atoms with Crippen LogP contribution in [0.5, 0.6) is 0 Å². The van der Waals surface area contributed by atoms with Crippen molar-refractivity contribution in [1.82, 2.24) is 10.2 Å². The molecule has 0 fully saturated rings. The van der Waals surface area contributed by atoms with Crippen LogP contribution in [0, 0.1) is 0 Å². The first-order valence-corrected chi connectivity index (χ1v) is 6.05. The molecule has 4 N–H and O–H groups in total. The van der Waals surface area contributed by atoms with Crippen molar-refractivity contribution in [2.45, 2.75) is 19.4 Å². The van der Waals surface area contributed by atoms with E-state index in [0.717, 1.165) is 6.20 Å². The molecule has 7 nitrogen and oxygen atoms in total. The highest BCUT2D eigenvalue weighted by Crippen LogP contribution is 2.32. The molecule has 0 spiro atoms. The van der Waals surface area contributed by atoms with Gasteiger partial charge < -0.3 is 15.5 Å². The van der Waals surface area contributed by atoms with Crippen molar-refractivity contribution < 1.29 is 19.1 Å². The number of hydrogen-bond acceptors (Lipinski definition) is 5. The minimum absolute atomic E-state index is 0.107. The minimum Gasteiger partial charge on any atom is -0.321 e. The van der Waals surface area contributed by atoms with E-state index >= 15 is 0 Å². The highest BCUT2D eigenvalue weighted by molar-refractivity contribution is 7.60. The molecule has 1 aromatic rings. The lowest BCUT2D eigenvalue weighted by molar-refractivity contribution is -0.118. The Morgan fingerprint density at radius 3 is 2.75 bits per heavy atom. The molecule has 1 aromatic heterocycles. The van der Waals surface area contributed by atoms with Crippen LogP contribution in [-0.4, -0.2) is 31.8 Å². The number of nitrogens with two attached hydrogens (primary N) is 1. The predicted molar refractivity (Wildman–Crippen MR) is 56.1 cm³/mol. The molecule has 0 saturated carbocycles. The van der Waals surface area contributed by atoms with E-state index in [4.69, 9.17) is 15.5 Å². The number of aromatic nitrogens is 2. The van der Waals surface area contributed by atoms with E-state index in [-0.39, 0.29) is 23.2 Å². The average Bonchev–Trinajstić information content (AvgIpc) is 2.16. The van der Waals surface area contributed by atoms with Gasteiger partial charge in [0.2, 0.25) is 0 Å². The van der Waals surface area contributed by atoms with Crippen LogP contribution in [0.15, 0.2) is 12.3 Å². The molecule has 0 aliphatic heterocycles. The summed E-state index contributed by atoms with van der Waals surface area (Å²) < 4.78 is 10.9. The average molecular weight is 245 g/mol. The van der Waals surface area contributed by atoms with Gasteiger partial charge in [-0.2, -0.15) is 10.2 Å². The first-order valence-electron chi connectivity index (χ1n) is 4.44. The van der Waals surface area contributed by atoms with E-state index < -0.39 is 13.6 Å². The second kappa shape index (κ2) is 4.80. The molecule has 0 aliphatic carbocycles. The molecule has 0 radical (unpaired) electrons. The highest BCUT2D eigenvalue weighted by atomic mass is 31.2. The Bertz CT molecular complexity index is 445. The standard InChI is InChI=1S/C8H12N3O4P/c1-5(12)8(9)3-6-2-7(4-10-11-6)16(13,14)15/h2,4,8H,3,9H2,1H3,(H2,13,14,15)/t8-/m0/s1. The van der Waals surface area contributed by atoms with Crippen LogP contribution in [0.2, 0.25) is 0 Å². The maximum Gasteiger partial charge on any atom is 0.357 e. The normalized spacial score (nSPS) is 13.5. The molecule has 1 atom stereocenters. The smallest absolute Gasteiger partial charge is 0.321 e. The zero-order valence-electron chi connectivity index (χ0n) is 8.57. The van der Waals surface area contributed by atoms with Crippen LogP contribution in [0.25, 0.3) is 0 Å².